The number of anilines is 2. The van der Waals surface area contributed by atoms with E-state index in [1.54, 1.807) is 12.3 Å². The van der Waals surface area contributed by atoms with Crippen LogP contribution in [0.15, 0.2) is 36.7 Å². The summed E-state index contributed by atoms with van der Waals surface area (Å²) >= 11 is 0. The van der Waals surface area contributed by atoms with Gasteiger partial charge in [-0.2, -0.15) is 33.9 Å². The van der Waals surface area contributed by atoms with Gasteiger partial charge in [-0.3, -0.25) is 5.10 Å². The van der Waals surface area contributed by atoms with Gasteiger partial charge in [0.15, 0.2) is 5.82 Å². The van der Waals surface area contributed by atoms with E-state index in [2.05, 4.69) is 35.6 Å². The first-order chi connectivity index (χ1) is 13.9. The lowest BCUT2D eigenvalue weighted by atomic mass is 10.0. The van der Waals surface area contributed by atoms with Gasteiger partial charge in [-0.25, -0.2) is 4.68 Å². The molecule has 0 saturated carbocycles. The molecule has 3 heterocycles. The van der Waals surface area contributed by atoms with Gasteiger partial charge in [0.25, 0.3) is 0 Å². The van der Waals surface area contributed by atoms with Gasteiger partial charge < -0.3 is 11.1 Å². The Hall–Kier alpha value is -3.63. The summed E-state index contributed by atoms with van der Waals surface area (Å²) in [6.45, 7) is 1.18. The van der Waals surface area contributed by atoms with Gasteiger partial charge in [0.1, 0.15) is 0 Å². The molecule has 150 valence electrons. The fraction of sp³-hybridized carbons (Fsp3) is 0.278. The number of rotatable bonds is 6. The summed E-state index contributed by atoms with van der Waals surface area (Å²) in [5.74, 6) is 0.696. The van der Waals surface area contributed by atoms with Crippen LogP contribution in [0.2, 0.25) is 0 Å². The Morgan fingerprint density at radius 3 is 2.69 bits per heavy atom. The lowest BCUT2D eigenvalue weighted by molar-refractivity contribution is 0.0559. The number of aromatic amines is 1. The molecule has 11 heteroatoms. The van der Waals surface area contributed by atoms with E-state index >= 15 is 0 Å². The monoisotopic (exact) mass is 399 g/mol. The summed E-state index contributed by atoms with van der Waals surface area (Å²) < 4.78 is 26.4. The molecule has 1 atom stereocenters. The molecule has 0 fully saturated rings. The smallest absolute Gasteiger partial charge is 0.333 e. The van der Waals surface area contributed by atoms with Crippen molar-refractivity contribution in [2.45, 2.75) is 26.4 Å². The highest BCUT2D eigenvalue weighted by Gasteiger charge is 2.22. The third-order valence-corrected chi connectivity index (χ3v) is 4.45. The molecule has 9 nitrogen and oxygen atoms in total. The van der Waals surface area contributed by atoms with Crippen LogP contribution in [0.5, 0.6) is 0 Å². The molecule has 1 aromatic carbocycles. The second kappa shape index (κ2) is 7.41. The molecule has 4 N–H and O–H groups in total. The van der Waals surface area contributed by atoms with E-state index in [0.717, 1.165) is 16.5 Å². The number of hydrogen-bond acceptors (Lipinski definition) is 7. The minimum absolute atomic E-state index is 0.0267. The van der Waals surface area contributed by atoms with E-state index in [1.165, 1.54) is 6.20 Å². The number of halogens is 2. The van der Waals surface area contributed by atoms with Crippen LogP contribution in [0.1, 0.15) is 32.1 Å². The van der Waals surface area contributed by atoms with Gasteiger partial charge in [0.2, 0.25) is 11.9 Å². The van der Waals surface area contributed by atoms with E-state index in [4.69, 9.17) is 5.73 Å². The number of hydrogen-bond donors (Lipinski definition) is 3. The SMILES string of the molecule is CC(C)C(Nc1nc(N)nc(-c2ccc3cn[nH]c3c2)n1)c1ccn(C(F)F)n1. The van der Waals surface area contributed by atoms with Gasteiger partial charge in [0.05, 0.1) is 23.4 Å². The number of nitrogens with one attached hydrogen (secondary N) is 2. The number of nitrogens with two attached hydrogens (primary N) is 1. The number of aromatic nitrogens is 7. The normalized spacial score (nSPS) is 12.8. The average molecular weight is 399 g/mol. The van der Waals surface area contributed by atoms with Crippen molar-refractivity contribution in [2.75, 3.05) is 11.1 Å². The van der Waals surface area contributed by atoms with Crippen molar-refractivity contribution >= 4 is 22.8 Å². The van der Waals surface area contributed by atoms with Crippen LogP contribution in [-0.2, 0) is 0 Å². The van der Waals surface area contributed by atoms with E-state index in [1.807, 2.05) is 32.0 Å². The Bertz CT molecular complexity index is 1140. The molecular weight excluding hydrogens is 380 g/mol. The van der Waals surface area contributed by atoms with E-state index in [0.29, 0.717) is 16.2 Å². The number of nitrogens with zero attached hydrogens (tertiary/aromatic N) is 6. The van der Waals surface area contributed by atoms with Crippen LogP contribution in [0, 0.1) is 5.92 Å². The predicted octanol–water partition coefficient (Wildman–Crippen LogP) is 3.40. The zero-order chi connectivity index (χ0) is 20.5. The second-order valence-electron chi connectivity index (χ2n) is 6.88. The molecule has 0 aliphatic heterocycles. The second-order valence-corrected chi connectivity index (χ2v) is 6.88. The Morgan fingerprint density at radius 2 is 1.97 bits per heavy atom. The first-order valence-corrected chi connectivity index (χ1v) is 8.95. The molecule has 0 aliphatic carbocycles. The number of benzene rings is 1. The van der Waals surface area contributed by atoms with Crippen molar-refractivity contribution in [3.63, 3.8) is 0 Å². The summed E-state index contributed by atoms with van der Waals surface area (Å²) in [4.78, 5) is 12.8. The number of H-pyrrole nitrogens is 1. The van der Waals surface area contributed by atoms with Crippen molar-refractivity contribution in [2.24, 2.45) is 5.92 Å². The lowest BCUT2D eigenvalue weighted by Gasteiger charge is -2.20. The quantitative estimate of drug-likeness (QED) is 0.454. The molecule has 0 bridgehead atoms. The summed E-state index contributed by atoms with van der Waals surface area (Å²) in [7, 11) is 0. The van der Waals surface area contributed by atoms with Crippen molar-refractivity contribution in [3.8, 4) is 11.4 Å². The van der Waals surface area contributed by atoms with Crippen LogP contribution in [0.25, 0.3) is 22.3 Å². The fourth-order valence-electron chi connectivity index (χ4n) is 3.01. The summed E-state index contributed by atoms with van der Waals surface area (Å²) in [6.07, 6.45) is 2.96. The first-order valence-electron chi connectivity index (χ1n) is 8.95. The zero-order valence-corrected chi connectivity index (χ0v) is 15.7. The molecule has 0 saturated heterocycles. The molecule has 3 aromatic heterocycles. The number of nitrogen functional groups attached to an aromatic ring is 1. The molecule has 0 radical (unpaired) electrons. The van der Waals surface area contributed by atoms with E-state index < -0.39 is 6.55 Å². The lowest BCUT2D eigenvalue weighted by Crippen LogP contribution is -2.20. The Balaban J connectivity index is 1.66. The third-order valence-electron chi connectivity index (χ3n) is 4.45. The fourth-order valence-corrected chi connectivity index (χ4v) is 3.01. The highest BCUT2D eigenvalue weighted by molar-refractivity contribution is 5.82. The molecule has 0 spiro atoms. The number of fused-ring (bicyclic) bond motifs is 1. The molecule has 29 heavy (non-hydrogen) atoms. The zero-order valence-electron chi connectivity index (χ0n) is 15.7. The maximum Gasteiger partial charge on any atom is 0.333 e. The average Bonchev–Trinajstić information content (AvgIpc) is 3.34. The summed E-state index contributed by atoms with van der Waals surface area (Å²) in [5, 5.41) is 15.0. The summed E-state index contributed by atoms with van der Waals surface area (Å²) in [6, 6.07) is 6.78. The largest absolute Gasteiger partial charge is 0.368 e. The van der Waals surface area contributed by atoms with Crippen LogP contribution < -0.4 is 11.1 Å². The first kappa shape index (κ1) is 18.7. The number of alkyl halides is 2. The highest BCUT2D eigenvalue weighted by atomic mass is 19.3. The van der Waals surface area contributed by atoms with Crippen LogP contribution in [0.3, 0.4) is 0 Å². The van der Waals surface area contributed by atoms with Crippen LogP contribution in [-0.4, -0.2) is 34.9 Å². The van der Waals surface area contributed by atoms with Crippen LogP contribution in [0.4, 0.5) is 20.7 Å². The summed E-state index contributed by atoms with van der Waals surface area (Å²) in [5.41, 5.74) is 7.92. The standard InChI is InChI=1S/C18H19F2N9/c1-9(2)14(12-5-6-29(28-12)16(19)20)23-18-25-15(24-17(21)26-18)10-3-4-11-8-22-27-13(11)7-10/h3-9,14,16H,1-2H3,(H,22,27)(H3,21,23,24,25,26). The molecule has 1 unspecified atom stereocenters. The Morgan fingerprint density at radius 1 is 1.14 bits per heavy atom. The minimum Gasteiger partial charge on any atom is -0.368 e. The van der Waals surface area contributed by atoms with Gasteiger partial charge in [-0.1, -0.05) is 26.0 Å². The van der Waals surface area contributed by atoms with E-state index in [9.17, 15) is 8.78 Å². The highest BCUT2D eigenvalue weighted by Crippen LogP contribution is 2.27. The molecule has 4 aromatic rings. The molecular formula is C18H19F2N9. The predicted molar refractivity (Wildman–Crippen MR) is 104 cm³/mol. The van der Waals surface area contributed by atoms with Crippen molar-refractivity contribution in [1.29, 1.82) is 0 Å². The van der Waals surface area contributed by atoms with Gasteiger partial charge in [0, 0.05) is 17.1 Å². The van der Waals surface area contributed by atoms with Crippen molar-refractivity contribution in [1.82, 2.24) is 34.9 Å². The van der Waals surface area contributed by atoms with Gasteiger partial charge in [-0.05, 0) is 18.1 Å². The van der Waals surface area contributed by atoms with Crippen LogP contribution >= 0.6 is 0 Å². The van der Waals surface area contributed by atoms with Gasteiger partial charge >= 0.3 is 6.55 Å². The maximum atomic E-state index is 12.9. The van der Waals surface area contributed by atoms with Crippen molar-refractivity contribution < 1.29 is 8.78 Å². The third kappa shape index (κ3) is 3.84. The molecule has 4 rings (SSSR count). The Kier molecular flexibility index (Phi) is 4.79. The molecule has 0 aliphatic rings. The maximum absolute atomic E-state index is 12.9. The topological polar surface area (TPSA) is 123 Å². The van der Waals surface area contributed by atoms with E-state index in [-0.39, 0.29) is 23.9 Å². The Labute approximate surface area is 164 Å². The van der Waals surface area contributed by atoms with Gasteiger partial charge in [-0.15, -0.1) is 0 Å². The van der Waals surface area contributed by atoms with Crippen molar-refractivity contribution in [3.05, 3.63) is 42.4 Å². The minimum atomic E-state index is -2.70. The molecule has 0 amide bonds.